The lowest BCUT2D eigenvalue weighted by atomic mass is 9.87. The summed E-state index contributed by atoms with van der Waals surface area (Å²) in [6, 6.07) is 0.465. The van der Waals surface area contributed by atoms with Gasteiger partial charge in [0.2, 0.25) is 0 Å². The molecule has 0 bridgehead atoms. The number of guanidine groups is 1. The lowest BCUT2D eigenvalue weighted by Crippen LogP contribution is -2.45. The van der Waals surface area contributed by atoms with Crippen molar-refractivity contribution < 1.29 is 8.42 Å². The summed E-state index contributed by atoms with van der Waals surface area (Å²) in [5, 5.41) is 6.76. The molecule has 134 valence electrons. The monoisotopic (exact) mass is 455 g/mol. The molecule has 1 saturated carbocycles. The fourth-order valence-electron chi connectivity index (χ4n) is 3.32. The first-order valence-corrected chi connectivity index (χ1v) is 10.2. The molecule has 0 radical (unpaired) electrons. The second-order valence-electron chi connectivity index (χ2n) is 6.74. The van der Waals surface area contributed by atoms with Gasteiger partial charge in [0.1, 0.15) is 0 Å². The highest BCUT2D eigenvalue weighted by molar-refractivity contribution is 14.0. The molecule has 0 spiro atoms. The molecule has 0 amide bonds. The Morgan fingerprint density at radius 2 is 2.13 bits per heavy atom. The first kappa shape index (κ1) is 20.7. The highest BCUT2D eigenvalue weighted by Gasteiger charge is 2.27. The number of halogens is 1. The van der Waals surface area contributed by atoms with Crippen molar-refractivity contribution in [1.29, 1.82) is 0 Å². The molecule has 2 N–H and O–H groups in total. The first-order valence-electron chi connectivity index (χ1n) is 8.34. The molecule has 2 rings (SSSR count). The van der Waals surface area contributed by atoms with E-state index in [1.807, 2.05) is 0 Å². The third-order valence-corrected chi connectivity index (χ3v) is 6.36. The molecule has 2 aliphatic rings. The Labute approximate surface area is 157 Å². The molecule has 2 fully saturated rings. The Morgan fingerprint density at radius 3 is 2.74 bits per heavy atom. The van der Waals surface area contributed by atoms with Crippen LogP contribution in [0.5, 0.6) is 0 Å². The maximum absolute atomic E-state index is 11.5. The van der Waals surface area contributed by atoms with Crippen molar-refractivity contribution in [3.63, 3.8) is 0 Å². The third-order valence-electron chi connectivity index (χ3n) is 4.53. The summed E-state index contributed by atoms with van der Waals surface area (Å²) < 4.78 is 23.0. The van der Waals surface area contributed by atoms with E-state index >= 15 is 0 Å². The van der Waals surface area contributed by atoms with E-state index < -0.39 is 9.84 Å². The molecule has 0 aromatic carbocycles. The van der Waals surface area contributed by atoms with Gasteiger partial charge in [0.05, 0.1) is 11.5 Å². The van der Waals surface area contributed by atoms with Gasteiger partial charge in [-0.15, -0.1) is 30.6 Å². The lowest BCUT2D eigenvalue weighted by molar-refractivity contribution is 0.324. The maximum Gasteiger partial charge on any atom is 0.191 e. The zero-order valence-electron chi connectivity index (χ0n) is 14.0. The van der Waals surface area contributed by atoms with Crippen LogP contribution in [0.3, 0.4) is 0 Å². The molecule has 0 aromatic rings. The van der Waals surface area contributed by atoms with Crippen LogP contribution in [0.4, 0.5) is 0 Å². The number of sulfone groups is 1. The summed E-state index contributed by atoms with van der Waals surface area (Å²) in [6.45, 7) is 7.26. The van der Waals surface area contributed by atoms with Gasteiger partial charge < -0.3 is 10.6 Å². The van der Waals surface area contributed by atoms with E-state index in [4.69, 9.17) is 0 Å². The minimum absolute atomic E-state index is 0. The molecule has 1 aliphatic heterocycles. The summed E-state index contributed by atoms with van der Waals surface area (Å²) in [4.78, 5) is 4.61. The topological polar surface area (TPSA) is 70.6 Å². The second-order valence-corrected chi connectivity index (χ2v) is 8.97. The van der Waals surface area contributed by atoms with Crippen molar-refractivity contribution >= 4 is 39.8 Å². The van der Waals surface area contributed by atoms with Gasteiger partial charge in [-0.2, -0.15) is 0 Å². The minimum Gasteiger partial charge on any atom is -0.354 e. The number of hydrogen-bond acceptors (Lipinski definition) is 3. The molecule has 1 saturated heterocycles. The third kappa shape index (κ3) is 7.41. The number of nitrogens with zero attached hydrogens (tertiary/aromatic N) is 1. The minimum atomic E-state index is -2.82. The largest absolute Gasteiger partial charge is 0.354 e. The van der Waals surface area contributed by atoms with E-state index in [9.17, 15) is 8.42 Å². The van der Waals surface area contributed by atoms with Crippen LogP contribution in [0.15, 0.2) is 17.6 Å². The molecular weight excluding hydrogens is 425 g/mol. The Kier molecular flexibility index (Phi) is 8.89. The van der Waals surface area contributed by atoms with Crippen molar-refractivity contribution in [1.82, 2.24) is 10.6 Å². The van der Waals surface area contributed by atoms with E-state index in [2.05, 4.69) is 29.1 Å². The van der Waals surface area contributed by atoms with Crippen molar-refractivity contribution in [3.8, 4) is 0 Å². The van der Waals surface area contributed by atoms with Gasteiger partial charge in [0.25, 0.3) is 0 Å². The van der Waals surface area contributed by atoms with Gasteiger partial charge in [-0.25, -0.2) is 8.42 Å². The number of aliphatic imine (C=N–C) groups is 1. The molecule has 7 heteroatoms. The standard InChI is InChI=1S/C16H29N3O2S.HI/c1-3-8-17-16(19-15-6-4-5-13(2)10-15)18-11-14-7-9-22(20,21)12-14;/h3,13-15H,1,4-12H2,2H3,(H2,17,18,19);1H. The van der Waals surface area contributed by atoms with Gasteiger partial charge in [0, 0.05) is 19.1 Å². The zero-order valence-corrected chi connectivity index (χ0v) is 17.1. The SMILES string of the molecule is C=CCNC(=NCC1CCS(=O)(=O)C1)NC1CCCC(C)C1.I. The van der Waals surface area contributed by atoms with Crippen LogP contribution in [0.1, 0.15) is 39.0 Å². The van der Waals surface area contributed by atoms with E-state index in [0.717, 1.165) is 18.3 Å². The molecule has 3 atom stereocenters. The van der Waals surface area contributed by atoms with Crippen LogP contribution >= 0.6 is 24.0 Å². The Hall–Kier alpha value is -0.310. The van der Waals surface area contributed by atoms with Gasteiger partial charge in [0.15, 0.2) is 15.8 Å². The number of hydrogen-bond donors (Lipinski definition) is 2. The molecule has 5 nitrogen and oxygen atoms in total. The van der Waals surface area contributed by atoms with E-state index in [-0.39, 0.29) is 35.6 Å². The Balaban J connectivity index is 0.00000264. The fraction of sp³-hybridized carbons (Fsp3) is 0.812. The van der Waals surface area contributed by atoms with Gasteiger partial charge in [-0.05, 0) is 31.1 Å². The summed E-state index contributed by atoms with van der Waals surface area (Å²) >= 11 is 0. The zero-order chi connectivity index (χ0) is 16.0. The highest BCUT2D eigenvalue weighted by Crippen LogP contribution is 2.23. The predicted molar refractivity (Wildman–Crippen MR) is 107 cm³/mol. The highest BCUT2D eigenvalue weighted by atomic mass is 127. The van der Waals surface area contributed by atoms with Crippen LogP contribution in [0, 0.1) is 11.8 Å². The van der Waals surface area contributed by atoms with E-state index in [1.54, 1.807) is 6.08 Å². The average Bonchev–Trinajstić information content (AvgIpc) is 2.81. The molecule has 1 heterocycles. The van der Waals surface area contributed by atoms with Crippen molar-refractivity contribution in [2.24, 2.45) is 16.8 Å². The smallest absolute Gasteiger partial charge is 0.191 e. The summed E-state index contributed by atoms with van der Waals surface area (Å²) in [7, 11) is -2.82. The molecular formula is C16H30IN3O2S. The van der Waals surface area contributed by atoms with Crippen LogP contribution in [-0.4, -0.2) is 45.0 Å². The molecule has 0 aromatic heterocycles. The molecule has 1 aliphatic carbocycles. The lowest BCUT2D eigenvalue weighted by Gasteiger charge is -2.29. The van der Waals surface area contributed by atoms with Gasteiger partial charge in [-0.1, -0.05) is 25.8 Å². The number of nitrogens with one attached hydrogen (secondary N) is 2. The first-order chi connectivity index (χ1) is 10.5. The fourth-order valence-corrected chi connectivity index (χ4v) is 5.17. The summed E-state index contributed by atoms with van der Waals surface area (Å²) in [5.41, 5.74) is 0. The summed E-state index contributed by atoms with van der Waals surface area (Å²) in [5.74, 6) is 2.31. The van der Waals surface area contributed by atoms with Crippen LogP contribution in [-0.2, 0) is 9.84 Å². The van der Waals surface area contributed by atoms with Gasteiger partial charge in [-0.3, -0.25) is 4.99 Å². The quantitative estimate of drug-likeness (QED) is 0.289. The maximum atomic E-state index is 11.5. The van der Waals surface area contributed by atoms with Crippen LogP contribution < -0.4 is 10.6 Å². The Bertz CT molecular complexity index is 507. The average molecular weight is 455 g/mol. The number of rotatable bonds is 5. The van der Waals surface area contributed by atoms with E-state index in [0.29, 0.717) is 24.9 Å². The van der Waals surface area contributed by atoms with Crippen molar-refractivity contribution in [3.05, 3.63) is 12.7 Å². The van der Waals surface area contributed by atoms with E-state index in [1.165, 1.54) is 25.7 Å². The van der Waals surface area contributed by atoms with Crippen LogP contribution in [0.2, 0.25) is 0 Å². The normalized spacial score (nSPS) is 30.3. The summed E-state index contributed by atoms with van der Waals surface area (Å²) in [6.07, 6.45) is 7.46. The second kappa shape index (κ2) is 9.86. The predicted octanol–water partition coefficient (Wildman–Crippen LogP) is 2.34. The Morgan fingerprint density at radius 1 is 1.35 bits per heavy atom. The van der Waals surface area contributed by atoms with Crippen molar-refractivity contribution in [2.45, 2.75) is 45.1 Å². The van der Waals surface area contributed by atoms with Crippen molar-refractivity contribution in [2.75, 3.05) is 24.6 Å². The van der Waals surface area contributed by atoms with Gasteiger partial charge >= 0.3 is 0 Å². The molecule has 3 unspecified atom stereocenters. The van der Waals surface area contributed by atoms with Crippen LogP contribution in [0.25, 0.3) is 0 Å². The molecule has 23 heavy (non-hydrogen) atoms.